The zero-order valence-corrected chi connectivity index (χ0v) is 24.2. The topological polar surface area (TPSA) is 204 Å². The lowest BCUT2D eigenvalue weighted by molar-refractivity contribution is -0.152. The number of benzene rings is 1. The number of imidazole rings is 1. The van der Waals surface area contributed by atoms with Gasteiger partial charge in [0.15, 0.2) is 35.9 Å². The molecule has 0 saturated carbocycles. The van der Waals surface area contributed by atoms with Crippen LogP contribution in [-0.2, 0) is 20.9 Å². The Kier molecular flexibility index (Phi) is 9.13. The van der Waals surface area contributed by atoms with Crippen LogP contribution in [0.5, 0.6) is 5.75 Å². The number of carbonyl (C=O) groups excluding carboxylic acids is 1. The largest absolute Gasteiger partial charge is 0.483 e. The Morgan fingerprint density at radius 1 is 1.28 bits per heavy atom. The Morgan fingerprint density at radius 2 is 2.05 bits per heavy atom. The first kappa shape index (κ1) is 30.3. The molecule has 2 fully saturated rings. The van der Waals surface area contributed by atoms with Crippen LogP contribution in [0.2, 0.25) is 5.02 Å². The summed E-state index contributed by atoms with van der Waals surface area (Å²) in [5, 5.41) is 27.2. The third-order valence-electron chi connectivity index (χ3n) is 7.67. The van der Waals surface area contributed by atoms with E-state index in [0.29, 0.717) is 46.8 Å². The van der Waals surface area contributed by atoms with Crippen molar-refractivity contribution in [3.05, 3.63) is 51.9 Å². The van der Waals surface area contributed by atoms with E-state index < -0.39 is 30.4 Å². The van der Waals surface area contributed by atoms with E-state index in [-0.39, 0.29) is 24.7 Å². The van der Waals surface area contributed by atoms with Gasteiger partial charge in [-0.1, -0.05) is 16.7 Å². The average molecular weight is 615 g/mol. The van der Waals surface area contributed by atoms with Gasteiger partial charge < -0.3 is 34.8 Å². The molecule has 0 radical (unpaired) electrons. The quantitative estimate of drug-likeness (QED) is 0.171. The van der Waals surface area contributed by atoms with Gasteiger partial charge in [-0.05, 0) is 50.7 Å². The molecule has 3 N–H and O–H groups in total. The van der Waals surface area contributed by atoms with Crippen LogP contribution < -0.4 is 10.1 Å². The van der Waals surface area contributed by atoms with Crippen LogP contribution in [-0.4, -0.2) is 109 Å². The number of aliphatic hydroxyl groups is 1. The van der Waals surface area contributed by atoms with Gasteiger partial charge in [0.1, 0.15) is 24.2 Å². The molecule has 17 heteroatoms. The number of azide groups is 1. The molecular weight excluding hydrogens is 584 g/mol. The molecule has 0 spiro atoms. The van der Waals surface area contributed by atoms with E-state index >= 15 is 0 Å². The number of carbonyl (C=O) groups is 2. The molecule has 2 saturated heterocycles. The smallest absolute Gasteiger partial charge is 0.333 e. The molecule has 0 unspecified atom stereocenters. The van der Waals surface area contributed by atoms with Crippen molar-refractivity contribution in [3.8, 4) is 5.75 Å². The first-order chi connectivity index (χ1) is 20.7. The fraction of sp³-hybridized carbons (Fsp3) is 0.500. The summed E-state index contributed by atoms with van der Waals surface area (Å²) in [5.74, 6) is -0.646. The van der Waals surface area contributed by atoms with E-state index in [2.05, 4.69) is 35.2 Å². The Morgan fingerprint density at radius 3 is 2.74 bits per heavy atom. The highest BCUT2D eigenvalue weighted by molar-refractivity contribution is 6.30. The number of aromatic nitrogens is 4. The van der Waals surface area contributed by atoms with E-state index in [1.807, 2.05) is 19.0 Å². The first-order valence-electron chi connectivity index (χ1n) is 13.5. The summed E-state index contributed by atoms with van der Waals surface area (Å²) >= 11 is 6.26. The second kappa shape index (κ2) is 13.0. The predicted octanol–water partition coefficient (Wildman–Crippen LogP) is 2.04. The maximum absolute atomic E-state index is 12.8. The Hall–Kier alpha value is -4.21. The van der Waals surface area contributed by atoms with Crippen molar-refractivity contribution in [2.45, 2.75) is 49.9 Å². The fourth-order valence-electron chi connectivity index (χ4n) is 5.32. The lowest BCUT2D eigenvalue weighted by atomic mass is 10.0. The van der Waals surface area contributed by atoms with Crippen LogP contribution in [0.4, 0.5) is 5.82 Å². The van der Waals surface area contributed by atoms with Crippen molar-refractivity contribution in [3.63, 3.8) is 0 Å². The lowest BCUT2D eigenvalue weighted by Crippen LogP contribution is -2.45. The van der Waals surface area contributed by atoms with Crippen molar-refractivity contribution in [1.82, 2.24) is 29.3 Å². The molecule has 0 aliphatic carbocycles. The van der Waals surface area contributed by atoms with Gasteiger partial charge in [-0.15, -0.1) is 0 Å². The van der Waals surface area contributed by atoms with Crippen LogP contribution >= 0.6 is 11.6 Å². The number of amides is 1. The maximum Gasteiger partial charge on any atom is 0.333 e. The number of hydrogen-bond acceptors (Lipinski definition) is 11. The number of halogens is 1. The minimum Gasteiger partial charge on any atom is -0.483 e. The minimum absolute atomic E-state index is 0.0849. The van der Waals surface area contributed by atoms with Gasteiger partial charge in [-0.3, -0.25) is 9.36 Å². The summed E-state index contributed by atoms with van der Waals surface area (Å²) in [5.41, 5.74) is 10.1. The number of nitrogens with one attached hydrogen (secondary N) is 1. The predicted molar refractivity (Wildman–Crippen MR) is 153 cm³/mol. The molecule has 4 heterocycles. The van der Waals surface area contributed by atoms with Crippen LogP contribution in [0, 0.1) is 0 Å². The summed E-state index contributed by atoms with van der Waals surface area (Å²) in [4.78, 5) is 43.9. The fourth-order valence-corrected chi connectivity index (χ4v) is 5.51. The summed E-state index contributed by atoms with van der Waals surface area (Å²) in [6, 6.07) is 4.22. The van der Waals surface area contributed by atoms with Gasteiger partial charge in [0.05, 0.1) is 6.33 Å². The molecule has 43 heavy (non-hydrogen) atoms. The molecule has 2 aliphatic rings. The number of aliphatic hydroxyl groups excluding tert-OH is 1. The molecule has 16 nitrogen and oxygen atoms in total. The number of fused-ring (bicyclic) bond motifs is 1. The molecule has 4 atom stereocenters. The molecular formula is C26H31ClN10O6. The zero-order valence-electron chi connectivity index (χ0n) is 23.4. The van der Waals surface area contributed by atoms with Crippen LogP contribution in [0.15, 0.2) is 36.0 Å². The molecule has 1 amide bonds. The third-order valence-corrected chi connectivity index (χ3v) is 7.90. The Balaban J connectivity index is 1.28. The van der Waals surface area contributed by atoms with Crippen LogP contribution in [0.25, 0.3) is 21.6 Å². The highest BCUT2D eigenvalue weighted by Gasteiger charge is 2.48. The van der Waals surface area contributed by atoms with E-state index in [0.717, 1.165) is 12.8 Å². The molecule has 228 valence electrons. The van der Waals surface area contributed by atoms with Crippen molar-refractivity contribution in [1.29, 1.82) is 0 Å². The van der Waals surface area contributed by atoms with Crippen LogP contribution in [0.1, 0.15) is 24.6 Å². The summed E-state index contributed by atoms with van der Waals surface area (Å²) in [7, 11) is 4.10. The molecule has 2 aromatic heterocycles. The number of piperidine rings is 1. The monoisotopic (exact) mass is 614 g/mol. The number of rotatable bonds is 10. The molecule has 1 aromatic carbocycles. The van der Waals surface area contributed by atoms with Crippen molar-refractivity contribution in [2.75, 3.05) is 39.1 Å². The Labute approximate surface area is 250 Å². The van der Waals surface area contributed by atoms with Gasteiger partial charge in [0, 0.05) is 41.2 Å². The highest BCUT2D eigenvalue weighted by Crippen LogP contribution is 2.34. The van der Waals surface area contributed by atoms with Crippen molar-refractivity contribution >= 4 is 40.5 Å². The average Bonchev–Trinajstić information content (AvgIpc) is 3.57. The second-order valence-corrected chi connectivity index (χ2v) is 10.9. The van der Waals surface area contributed by atoms with E-state index in [4.69, 9.17) is 26.6 Å². The van der Waals surface area contributed by atoms with E-state index in [9.17, 15) is 19.8 Å². The SMILES string of the molecule is CN(C)C1CCN(C(=O)COc2ccc(Cl)cc2CNc2ncnc3c2ncn3[C@@H]2O[C@H](C(=O)O)[C@@H](N=[N+]=[N-])[C@H]2O)CC1. The number of ether oxygens (including phenoxy) is 2. The van der Waals surface area contributed by atoms with Crippen LogP contribution in [0.3, 0.4) is 0 Å². The zero-order chi connectivity index (χ0) is 30.7. The molecule has 2 aliphatic heterocycles. The maximum atomic E-state index is 12.8. The third kappa shape index (κ3) is 6.43. The normalized spacial score (nSPS) is 22.5. The Bertz CT molecular complexity index is 1540. The van der Waals surface area contributed by atoms with Crippen molar-refractivity contribution in [2.24, 2.45) is 5.11 Å². The number of hydrogen-bond donors (Lipinski definition) is 3. The highest BCUT2D eigenvalue weighted by atomic mass is 35.5. The summed E-state index contributed by atoms with van der Waals surface area (Å²) in [6.45, 7) is 1.46. The van der Waals surface area contributed by atoms with Gasteiger partial charge >= 0.3 is 5.97 Å². The van der Waals surface area contributed by atoms with Gasteiger partial charge in [0.2, 0.25) is 0 Å². The van der Waals surface area contributed by atoms with Gasteiger partial charge in [0.25, 0.3) is 5.91 Å². The van der Waals surface area contributed by atoms with Gasteiger partial charge in [-0.25, -0.2) is 19.7 Å². The second-order valence-electron chi connectivity index (χ2n) is 10.5. The number of nitrogens with zero attached hydrogens (tertiary/aromatic N) is 9. The number of anilines is 1. The minimum atomic E-state index is -1.55. The number of carboxylic acid groups (broad SMARTS) is 1. The van der Waals surface area contributed by atoms with E-state index in [1.165, 1.54) is 17.2 Å². The van der Waals surface area contributed by atoms with E-state index in [1.54, 1.807) is 18.2 Å². The lowest BCUT2D eigenvalue weighted by Gasteiger charge is -2.35. The molecule has 3 aromatic rings. The first-order valence-corrected chi connectivity index (χ1v) is 13.9. The summed E-state index contributed by atoms with van der Waals surface area (Å²) < 4.78 is 12.8. The van der Waals surface area contributed by atoms with Gasteiger partial charge in [-0.2, -0.15) is 0 Å². The molecule has 0 bridgehead atoms. The van der Waals surface area contributed by atoms with Crippen molar-refractivity contribution < 1.29 is 29.3 Å². The standard InChI is InChI=1S/C26H31ClN10O6/c1-35(2)16-5-7-36(8-6-16)18(38)11-42-17-4-3-15(27)9-14(17)10-29-23-20-24(31-12-30-23)37(13-32-20)25-21(39)19(33-34-28)22(43-25)26(40)41/h3-4,9,12-13,16,19,21-22,25,39H,5-8,10-11H2,1-2H3,(H,40,41)(H,29,30,31)/t19-,21+,22-,25+/m0/s1. The summed E-state index contributed by atoms with van der Waals surface area (Å²) in [6.07, 6.45) is 0.202. The number of aliphatic carboxylic acids is 1. The molecule has 5 rings (SSSR count). The number of carboxylic acids is 1. The number of likely N-dealkylation sites (tertiary alicyclic amines) is 1.